The average molecular weight is 286 g/mol. The summed E-state index contributed by atoms with van der Waals surface area (Å²) in [6.45, 7) is 0. The summed E-state index contributed by atoms with van der Waals surface area (Å²) in [5.41, 5.74) is -6.22. The van der Waals surface area contributed by atoms with Gasteiger partial charge in [0, 0.05) is 6.07 Å². The number of benzene rings is 1. The highest BCUT2D eigenvalue weighted by Gasteiger charge is 2.48. The number of rotatable bonds is 3. The monoisotopic (exact) mass is 286 g/mol. The summed E-state index contributed by atoms with van der Waals surface area (Å²) in [6, 6.07) is 1.83. The number of hydrogen-bond donors (Lipinski definition) is 2. The maximum atomic E-state index is 12.0. The molecule has 0 bridgehead atoms. The normalized spacial score (nSPS) is 12.2. The summed E-state index contributed by atoms with van der Waals surface area (Å²) in [4.78, 5) is 10.5. The third-order valence-electron chi connectivity index (χ3n) is 1.69. The number of carbonyl (C=O) groups is 1. The quantitative estimate of drug-likeness (QED) is 0.642. The van der Waals surface area contributed by atoms with Crippen LogP contribution in [-0.4, -0.2) is 30.1 Å². The number of aromatic hydroxyl groups is 1. The van der Waals surface area contributed by atoms with Gasteiger partial charge in [-0.1, -0.05) is 0 Å². The molecule has 6 nitrogen and oxygen atoms in total. The highest BCUT2D eigenvalue weighted by molar-refractivity contribution is 7.87. The summed E-state index contributed by atoms with van der Waals surface area (Å²) >= 11 is 0. The molecule has 1 aromatic rings. The van der Waals surface area contributed by atoms with Crippen molar-refractivity contribution in [3.05, 3.63) is 23.8 Å². The van der Waals surface area contributed by atoms with Crippen LogP contribution in [0.3, 0.4) is 0 Å². The van der Waals surface area contributed by atoms with Gasteiger partial charge in [-0.15, -0.1) is 0 Å². The average Bonchev–Trinajstić information content (AvgIpc) is 2.14. The van der Waals surface area contributed by atoms with Gasteiger partial charge in [0.25, 0.3) is 0 Å². The molecule has 0 atom stereocenters. The number of carboxylic acid groups (broad SMARTS) is 1. The molecule has 0 fully saturated rings. The number of halogens is 3. The molecule has 10 heteroatoms. The first-order valence-electron chi connectivity index (χ1n) is 4.11. The number of alkyl halides is 3. The molecule has 100 valence electrons. The second-order valence-electron chi connectivity index (χ2n) is 2.97. The molecule has 1 rings (SSSR count). The second kappa shape index (κ2) is 4.37. The Morgan fingerprint density at radius 3 is 2.22 bits per heavy atom. The van der Waals surface area contributed by atoms with Crippen LogP contribution < -0.4 is 4.18 Å². The molecule has 0 radical (unpaired) electrons. The van der Waals surface area contributed by atoms with Crippen molar-refractivity contribution in [2.75, 3.05) is 0 Å². The molecule has 0 unspecified atom stereocenters. The minimum Gasteiger partial charge on any atom is -0.507 e. The van der Waals surface area contributed by atoms with Crippen LogP contribution in [0.1, 0.15) is 10.4 Å². The third kappa shape index (κ3) is 2.83. The van der Waals surface area contributed by atoms with Crippen LogP contribution in [0.25, 0.3) is 0 Å². The summed E-state index contributed by atoms with van der Waals surface area (Å²) < 4.78 is 60.8. The van der Waals surface area contributed by atoms with Gasteiger partial charge in [-0.2, -0.15) is 21.6 Å². The Morgan fingerprint density at radius 2 is 1.83 bits per heavy atom. The van der Waals surface area contributed by atoms with Gasteiger partial charge in [-0.05, 0) is 12.1 Å². The minimum absolute atomic E-state index is 0.451. The molecule has 0 amide bonds. The largest absolute Gasteiger partial charge is 0.534 e. The maximum absolute atomic E-state index is 12.0. The number of aromatic carboxylic acids is 1. The number of carboxylic acids is 1. The summed E-state index contributed by atoms with van der Waals surface area (Å²) in [5, 5.41) is 17.6. The van der Waals surface area contributed by atoms with Crippen molar-refractivity contribution in [1.82, 2.24) is 0 Å². The van der Waals surface area contributed by atoms with E-state index in [2.05, 4.69) is 4.18 Å². The zero-order valence-corrected chi connectivity index (χ0v) is 9.12. The topological polar surface area (TPSA) is 101 Å². The van der Waals surface area contributed by atoms with Crippen LogP contribution in [0, 0.1) is 0 Å². The van der Waals surface area contributed by atoms with Crippen molar-refractivity contribution in [2.24, 2.45) is 0 Å². The van der Waals surface area contributed by atoms with Crippen molar-refractivity contribution in [1.29, 1.82) is 0 Å². The van der Waals surface area contributed by atoms with E-state index in [0.29, 0.717) is 18.2 Å². The van der Waals surface area contributed by atoms with Gasteiger partial charge in [0.05, 0.1) is 0 Å². The van der Waals surface area contributed by atoms with Gasteiger partial charge >= 0.3 is 21.6 Å². The lowest BCUT2D eigenvalue weighted by Gasteiger charge is -2.09. The Hall–Kier alpha value is -1.97. The molecule has 0 saturated carbocycles. The van der Waals surface area contributed by atoms with E-state index in [0.717, 1.165) is 0 Å². The number of phenols is 1. The van der Waals surface area contributed by atoms with E-state index in [1.165, 1.54) is 0 Å². The first-order chi connectivity index (χ1) is 8.04. The predicted molar refractivity (Wildman–Crippen MR) is 50.7 cm³/mol. The first-order valence-corrected chi connectivity index (χ1v) is 5.52. The Bertz CT molecular complexity index is 577. The lowest BCUT2D eigenvalue weighted by molar-refractivity contribution is -0.0500. The smallest absolute Gasteiger partial charge is 0.507 e. The molecular formula is C8H5F3O6S. The van der Waals surface area contributed by atoms with Crippen molar-refractivity contribution in [3.63, 3.8) is 0 Å². The molecule has 0 saturated heterocycles. The molecule has 0 aliphatic rings. The van der Waals surface area contributed by atoms with Crippen molar-refractivity contribution >= 4 is 16.1 Å². The number of hydrogen-bond acceptors (Lipinski definition) is 5. The Labute approximate surface area is 98.4 Å². The van der Waals surface area contributed by atoms with Gasteiger partial charge in [0.1, 0.15) is 17.1 Å². The summed E-state index contributed by atoms with van der Waals surface area (Å²) in [5.74, 6) is -3.30. The fourth-order valence-electron chi connectivity index (χ4n) is 0.918. The van der Waals surface area contributed by atoms with Crippen LogP contribution >= 0.6 is 0 Å². The second-order valence-corrected chi connectivity index (χ2v) is 4.51. The Balaban J connectivity index is 3.09. The van der Waals surface area contributed by atoms with Crippen LogP contribution in [0.2, 0.25) is 0 Å². The molecule has 1 aromatic carbocycles. The third-order valence-corrected chi connectivity index (χ3v) is 2.67. The lowest BCUT2D eigenvalue weighted by Crippen LogP contribution is -2.28. The van der Waals surface area contributed by atoms with Gasteiger partial charge in [-0.3, -0.25) is 0 Å². The van der Waals surface area contributed by atoms with E-state index in [1.54, 1.807) is 0 Å². The van der Waals surface area contributed by atoms with Gasteiger partial charge in [0.15, 0.2) is 0 Å². The fraction of sp³-hybridized carbons (Fsp3) is 0.125. The van der Waals surface area contributed by atoms with E-state index < -0.39 is 38.7 Å². The highest BCUT2D eigenvalue weighted by Crippen LogP contribution is 2.29. The van der Waals surface area contributed by atoms with Gasteiger partial charge in [0.2, 0.25) is 0 Å². The first kappa shape index (κ1) is 14.1. The van der Waals surface area contributed by atoms with E-state index in [4.69, 9.17) is 10.2 Å². The van der Waals surface area contributed by atoms with E-state index in [9.17, 15) is 26.4 Å². The van der Waals surface area contributed by atoms with Crippen LogP contribution in [-0.2, 0) is 10.1 Å². The molecule has 0 heterocycles. The fourth-order valence-corrected chi connectivity index (χ4v) is 1.37. The van der Waals surface area contributed by atoms with Gasteiger partial charge in [-0.25, -0.2) is 4.79 Å². The minimum atomic E-state index is -5.86. The zero-order chi connectivity index (χ0) is 14.1. The molecule has 0 aliphatic heterocycles. The van der Waals surface area contributed by atoms with Gasteiger partial charge < -0.3 is 14.4 Å². The molecule has 2 N–H and O–H groups in total. The Morgan fingerprint density at radius 1 is 1.28 bits per heavy atom. The van der Waals surface area contributed by atoms with E-state index in [1.807, 2.05) is 0 Å². The standard InChI is InChI=1S/C8H5F3O6S/c9-8(10,11)18(15,16)17-4-1-2-5(7(13)14)6(12)3-4/h1-3,12H,(H,13,14). The highest BCUT2D eigenvalue weighted by atomic mass is 32.2. The molecule has 0 aromatic heterocycles. The molecule has 0 spiro atoms. The van der Waals surface area contributed by atoms with E-state index in [-0.39, 0.29) is 0 Å². The van der Waals surface area contributed by atoms with Crippen LogP contribution in [0.4, 0.5) is 13.2 Å². The van der Waals surface area contributed by atoms with Crippen LogP contribution in [0.15, 0.2) is 18.2 Å². The lowest BCUT2D eigenvalue weighted by atomic mass is 10.2. The SMILES string of the molecule is O=C(O)c1ccc(OS(=O)(=O)C(F)(F)F)cc1O. The van der Waals surface area contributed by atoms with Crippen molar-refractivity contribution in [2.45, 2.75) is 5.51 Å². The zero-order valence-electron chi connectivity index (χ0n) is 8.30. The molecule has 0 aliphatic carbocycles. The molecular weight excluding hydrogens is 281 g/mol. The van der Waals surface area contributed by atoms with Crippen LogP contribution in [0.5, 0.6) is 11.5 Å². The molecule has 18 heavy (non-hydrogen) atoms. The van der Waals surface area contributed by atoms with Crippen molar-refractivity contribution in [3.8, 4) is 11.5 Å². The maximum Gasteiger partial charge on any atom is 0.534 e. The summed E-state index contributed by atoms with van der Waals surface area (Å²) in [7, 11) is -5.86. The summed E-state index contributed by atoms with van der Waals surface area (Å²) in [6.07, 6.45) is 0. The van der Waals surface area contributed by atoms with Crippen molar-refractivity contribution < 1.29 is 40.8 Å². The predicted octanol–water partition coefficient (Wildman–Crippen LogP) is 1.32. The Kier molecular flexibility index (Phi) is 3.42. The van der Waals surface area contributed by atoms with E-state index >= 15 is 0 Å².